The van der Waals surface area contributed by atoms with Crippen LogP contribution in [0.1, 0.15) is 69.8 Å². The SMILES string of the molecule is CCCCCC1CCC(c2ccc(-c3noc(-c4ccncc4)n3)cc2)CC1. The second-order valence-electron chi connectivity index (χ2n) is 7.99. The first-order valence-electron chi connectivity index (χ1n) is 10.7. The summed E-state index contributed by atoms with van der Waals surface area (Å²) in [6, 6.07) is 12.5. The predicted octanol–water partition coefficient (Wildman–Crippen LogP) is 6.65. The maximum atomic E-state index is 5.41. The van der Waals surface area contributed by atoms with Crippen LogP contribution in [0.5, 0.6) is 0 Å². The zero-order chi connectivity index (χ0) is 19.2. The molecule has 4 heteroatoms. The van der Waals surface area contributed by atoms with Gasteiger partial charge >= 0.3 is 0 Å². The summed E-state index contributed by atoms with van der Waals surface area (Å²) in [6.07, 6.45) is 14.4. The first kappa shape index (κ1) is 18.9. The zero-order valence-electron chi connectivity index (χ0n) is 16.7. The zero-order valence-corrected chi connectivity index (χ0v) is 16.7. The first-order valence-corrected chi connectivity index (χ1v) is 10.7. The van der Waals surface area contributed by atoms with Gasteiger partial charge in [-0.05, 0) is 55.2 Å². The molecule has 0 unspecified atom stereocenters. The summed E-state index contributed by atoms with van der Waals surface area (Å²) in [4.78, 5) is 8.56. The molecule has 1 aliphatic carbocycles. The fourth-order valence-corrected chi connectivity index (χ4v) is 4.32. The van der Waals surface area contributed by atoms with Gasteiger partial charge in [-0.3, -0.25) is 4.98 Å². The number of benzene rings is 1. The first-order chi connectivity index (χ1) is 13.8. The molecule has 3 aromatic rings. The number of hydrogen-bond donors (Lipinski definition) is 0. The molecule has 1 saturated carbocycles. The fraction of sp³-hybridized carbons (Fsp3) is 0.458. The van der Waals surface area contributed by atoms with Crippen molar-refractivity contribution in [3.63, 3.8) is 0 Å². The molecule has 4 nitrogen and oxygen atoms in total. The van der Waals surface area contributed by atoms with Crippen LogP contribution >= 0.6 is 0 Å². The lowest BCUT2D eigenvalue weighted by atomic mass is 9.77. The molecular weight excluding hydrogens is 346 g/mol. The van der Waals surface area contributed by atoms with Crippen LogP contribution < -0.4 is 0 Å². The van der Waals surface area contributed by atoms with Crippen molar-refractivity contribution in [3.05, 3.63) is 54.4 Å². The average molecular weight is 376 g/mol. The summed E-state index contributed by atoms with van der Waals surface area (Å²) in [6.45, 7) is 2.29. The van der Waals surface area contributed by atoms with E-state index in [9.17, 15) is 0 Å². The summed E-state index contributed by atoms with van der Waals surface area (Å²) < 4.78 is 5.41. The van der Waals surface area contributed by atoms with E-state index >= 15 is 0 Å². The van der Waals surface area contributed by atoms with Crippen molar-refractivity contribution in [1.29, 1.82) is 0 Å². The fourth-order valence-electron chi connectivity index (χ4n) is 4.32. The third-order valence-electron chi connectivity index (χ3n) is 6.06. The van der Waals surface area contributed by atoms with Gasteiger partial charge in [-0.2, -0.15) is 4.98 Å². The minimum atomic E-state index is 0.530. The molecule has 2 aromatic heterocycles. The molecule has 0 amide bonds. The van der Waals surface area contributed by atoms with Crippen molar-refractivity contribution in [2.45, 2.75) is 64.2 Å². The van der Waals surface area contributed by atoms with Crippen LogP contribution in [0.25, 0.3) is 22.8 Å². The van der Waals surface area contributed by atoms with E-state index in [4.69, 9.17) is 4.52 Å². The lowest BCUT2D eigenvalue weighted by molar-refractivity contribution is 0.303. The topological polar surface area (TPSA) is 51.8 Å². The minimum absolute atomic E-state index is 0.530. The van der Waals surface area contributed by atoms with Crippen LogP contribution in [-0.4, -0.2) is 15.1 Å². The Morgan fingerprint density at radius 1 is 0.893 bits per heavy atom. The summed E-state index contributed by atoms with van der Waals surface area (Å²) in [5.41, 5.74) is 3.34. The number of nitrogens with zero attached hydrogens (tertiary/aromatic N) is 3. The summed E-state index contributed by atoms with van der Waals surface area (Å²) in [5.74, 6) is 2.82. The van der Waals surface area contributed by atoms with Crippen molar-refractivity contribution in [3.8, 4) is 22.8 Å². The minimum Gasteiger partial charge on any atom is -0.334 e. The number of unbranched alkanes of at least 4 members (excludes halogenated alkanes) is 2. The quantitative estimate of drug-likeness (QED) is 0.434. The van der Waals surface area contributed by atoms with Gasteiger partial charge in [0.25, 0.3) is 5.89 Å². The van der Waals surface area contributed by atoms with Gasteiger partial charge in [0.05, 0.1) is 0 Å². The lowest BCUT2D eigenvalue weighted by Gasteiger charge is -2.29. The lowest BCUT2D eigenvalue weighted by Crippen LogP contribution is -2.13. The van der Waals surface area contributed by atoms with Crippen LogP contribution in [0.2, 0.25) is 0 Å². The molecule has 0 N–H and O–H groups in total. The highest BCUT2D eigenvalue weighted by atomic mass is 16.5. The molecule has 4 rings (SSSR count). The molecule has 0 radical (unpaired) electrons. The molecule has 0 saturated heterocycles. The third kappa shape index (κ3) is 4.49. The number of aromatic nitrogens is 3. The van der Waals surface area contributed by atoms with Crippen LogP contribution in [-0.2, 0) is 0 Å². The molecule has 0 spiro atoms. The van der Waals surface area contributed by atoms with Gasteiger partial charge in [-0.15, -0.1) is 0 Å². The second-order valence-corrected chi connectivity index (χ2v) is 7.99. The highest BCUT2D eigenvalue weighted by molar-refractivity contribution is 5.59. The van der Waals surface area contributed by atoms with Crippen LogP contribution in [0.15, 0.2) is 53.3 Å². The Bertz CT molecular complexity index is 849. The van der Waals surface area contributed by atoms with E-state index < -0.39 is 0 Å². The molecule has 146 valence electrons. The van der Waals surface area contributed by atoms with Gasteiger partial charge in [-0.25, -0.2) is 0 Å². The highest BCUT2D eigenvalue weighted by Gasteiger charge is 2.22. The van der Waals surface area contributed by atoms with E-state index in [-0.39, 0.29) is 0 Å². The second kappa shape index (κ2) is 9.13. The van der Waals surface area contributed by atoms with Gasteiger partial charge in [0.15, 0.2) is 0 Å². The van der Waals surface area contributed by atoms with Gasteiger partial charge in [0.2, 0.25) is 5.82 Å². The maximum Gasteiger partial charge on any atom is 0.258 e. The molecule has 2 heterocycles. The van der Waals surface area contributed by atoms with Gasteiger partial charge < -0.3 is 4.52 Å². The van der Waals surface area contributed by atoms with Crippen LogP contribution in [0.4, 0.5) is 0 Å². The number of rotatable bonds is 7. The molecule has 0 bridgehead atoms. The van der Waals surface area contributed by atoms with Gasteiger partial charge in [0.1, 0.15) is 0 Å². The van der Waals surface area contributed by atoms with E-state index in [2.05, 4.69) is 46.3 Å². The monoisotopic (exact) mass is 375 g/mol. The summed E-state index contributed by atoms with van der Waals surface area (Å²) in [7, 11) is 0. The van der Waals surface area contributed by atoms with Crippen molar-refractivity contribution in [2.75, 3.05) is 0 Å². The predicted molar refractivity (Wildman–Crippen MR) is 112 cm³/mol. The smallest absolute Gasteiger partial charge is 0.258 e. The van der Waals surface area contributed by atoms with E-state index in [0.29, 0.717) is 17.6 Å². The molecule has 0 atom stereocenters. The Balaban J connectivity index is 1.37. The standard InChI is InChI=1S/C24H29N3O/c1-2-3-4-5-18-6-8-19(9-7-18)20-10-12-21(13-11-20)23-26-24(28-27-23)22-14-16-25-17-15-22/h10-19H,2-9H2,1H3. The van der Waals surface area contributed by atoms with Crippen molar-refractivity contribution in [1.82, 2.24) is 15.1 Å². The molecular formula is C24H29N3O. The normalized spacial score (nSPS) is 19.6. The average Bonchev–Trinajstić information content (AvgIpc) is 3.26. The van der Waals surface area contributed by atoms with Crippen molar-refractivity contribution < 1.29 is 4.52 Å². The third-order valence-corrected chi connectivity index (χ3v) is 6.06. The molecule has 28 heavy (non-hydrogen) atoms. The Morgan fingerprint density at radius 3 is 2.36 bits per heavy atom. The van der Waals surface area contributed by atoms with E-state index in [0.717, 1.165) is 17.0 Å². The summed E-state index contributed by atoms with van der Waals surface area (Å²) in [5, 5.41) is 4.14. The van der Waals surface area contributed by atoms with E-state index in [1.54, 1.807) is 12.4 Å². The highest BCUT2D eigenvalue weighted by Crippen LogP contribution is 2.38. The largest absolute Gasteiger partial charge is 0.334 e. The Kier molecular flexibility index (Phi) is 6.15. The number of pyridine rings is 1. The molecule has 0 aliphatic heterocycles. The molecule has 1 aromatic carbocycles. The maximum absolute atomic E-state index is 5.41. The van der Waals surface area contributed by atoms with E-state index in [1.807, 2.05) is 12.1 Å². The summed E-state index contributed by atoms with van der Waals surface area (Å²) >= 11 is 0. The molecule has 1 fully saturated rings. The number of hydrogen-bond acceptors (Lipinski definition) is 4. The van der Waals surface area contributed by atoms with Crippen molar-refractivity contribution >= 4 is 0 Å². The van der Waals surface area contributed by atoms with Crippen LogP contribution in [0.3, 0.4) is 0 Å². The Morgan fingerprint density at radius 2 is 1.64 bits per heavy atom. The molecule has 1 aliphatic rings. The van der Waals surface area contributed by atoms with E-state index in [1.165, 1.54) is 56.9 Å². The Hall–Kier alpha value is -2.49. The Labute approximate surface area is 167 Å². The van der Waals surface area contributed by atoms with Gasteiger partial charge in [-0.1, -0.05) is 62.0 Å². The van der Waals surface area contributed by atoms with Crippen molar-refractivity contribution in [2.24, 2.45) is 5.92 Å². The van der Waals surface area contributed by atoms with Crippen LogP contribution in [0, 0.1) is 5.92 Å². The van der Waals surface area contributed by atoms with Gasteiger partial charge in [0, 0.05) is 23.5 Å².